The number of rotatable bonds is 3. The lowest BCUT2D eigenvalue weighted by atomic mass is 10.1. The minimum Gasteiger partial charge on any atom is -0.496 e. The Kier molecular flexibility index (Phi) is 3.42. The summed E-state index contributed by atoms with van der Waals surface area (Å²) < 4.78 is 19.5. The molecular weight excluding hydrogens is 307 g/mol. The fourth-order valence-corrected chi connectivity index (χ4v) is 2.62. The fraction of sp³-hybridized carbons (Fsp3) is 0.0556. The van der Waals surface area contributed by atoms with E-state index in [4.69, 9.17) is 4.74 Å². The summed E-state index contributed by atoms with van der Waals surface area (Å²) in [5.74, 6) is 0.216. The van der Waals surface area contributed by atoms with Gasteiger partial charge in [0.1, 0.15) is 28.3 Å². The summed E-state index contributed by atoms with van der Waals surface area (Å²) in [5.41, 5.74) is 3.19. The number of aromatic nitrogens is 4. The van der Waals surface area contributed by atoms with Gasteiger partial charge in [-0.3, -0.25) is 5.10 Å². The molecule has 118 valence electrons. The van der Waals surface area contributed by atoms with Crippen LogP contribution >= 0.6 is 0 Å². The van der Waals surface area contributed by atoms with Gasteiger partial charge in [0.15, 0.2) is 5.82 Å². The normalized spacial score (nSPS) is 10.9. The van der Waals surface area contributed by atoms with E-state index in [9.17, 15) is 4.39 Å². The lowest BCUT2D eigenvalue weighted by molar-refractivity contribution is 0.413. The average Bonchev–Trinajstić information content (AvgIpc) is 3.05. The summed E-state index contributed by atoms with van der Waals surface area (Å²) in [7, 11) is 1.49. The van der Waals surface area contributed by atoms with Crippen molar-refractivity contribution in [2.24, 2.45) is 0 Å². The van der Waals surface area contributed by atoms with Crippen molar-refractivity contribution in [3.05, 3.63) is 60.5 Å². The largest absolute Gasteiger partial charge is 0.496 e. The molecule has 2 aromatic heterocycles. The van der Waals surface area contributed by atoms with Crippen molar-refractivity contribution in [3.8, 4) is 28.4 Å². The van der Waals surface area contributed by atoms with Crippen molar-refractivity contribution in [1.29, 1.82) is 0 Å². The van der Waals surface area contributed by atoms with Gasteiger partial charge in [-0.2, -0.15) is 5.10 Å². The monoisotopic (exact) mass is 320 g/mol. The first kappa shape index (κ1) is 14.3. The van der Waals surface area contributed by atoms with Crippen molar-refractivity contribution in [3.63, 3.8) is 0 Å². The van der Waals surface area contributed by atoms with Crippen LogP contribution in [0.5, 0.6) is 5.75 Å². The van der Waals surface area contributed by atoms with Gasteiger partial charge in [0.2, 0.25) is 0 Å². The van der Waals surface area contributed by atoms with Crippen molar-refractivity contribution >= 4 is 11.0 Å². The van der Waals surface area contributed by atoms with E-state index in [1.807, 2.05) is 30.3 Å². The van der Waals surface area contributed by atoms with E-state index in [0.29, 0.717) is 22.5 Å². The molecule has 6 heteroatoms. The molecule has 4 aromatic rings. The van der Waals surface area contributed by atoms with Crippen LogP contribution in [-0.4, -0.2) is 27.3 Å². The Morgan fingerprint density at radius 3 is 2.67 bits per heavy atom. The molecule has 0 bridgehead atoms. The third-order valence-electron chi connectivity index (χ3n) is 3.77. The number of hydrogen-bond acceptors (Lipinski definition) is 4. The molecule has 0 atom stereocenters. The summed E-state index contributed by atoms with van der Waals surface area (Å²) in [5, 5.41) is 7.22. The third-order valence-corrected chi connectivity index (χ3v) is 3.77. The predicted octanol–water partition coefficient (Wildman–Crippen LogP) is 3.83. The molecule has 0 radical (unpaired) electrons. The van der Waals surface area contributed by atoms with Crippen molar-refractivity contribution in [2.45, 2.75) is 0 Å². The maximum atomic E-state index is 14.3. The fourth-order valence-electron chi connectivity index (χ4n) is 2.62. The number of fused-ring (bicyclic) bond motifs is 1. The molecule has 1 N–H and O–H groups in total. The first-order valence-electron chi connectivity index (χ1n) is 7.37. The molecular formula is C18H13FN4O. The van der Waals surface area contributed by atoms with Crippen molar-refractivity contribution < 1.29 is 9.13 Å². The molecule has 0 fully saturated rings. The van der Waals surface area contributed by atoms with Crippen LogP contribution in [0.4, 0.5) is 4.39 Å². The molecule has 0 spiro atoms. The summed E-state index contributed by atoms with van der Waals surface area (Å²) in [6.45, 7) is 0. The molecule has 24 heavy (non-hydrogen) atoms. The molecule has 0 saturated carbocycles. The molecule has 0 aliphatic heterocycles. The Labute approximate surface area is 137 Å². The molecule has 0 saturated heterocycles. The van der Waals surface area contributed by atoms with E-state index < -0.39 is 5.82 Å². The Bertz CT molecular complexity index is 1010. The van der Waals surface area contributed by atoms with E-state index in [-0.39, 0.29) is 11.4 Å². The van der Waals surface area contributed by atoms with Crippen LogP contribution in [0, 0.1) is 5.82 Å². The number of hydrogen-bond donors (Lipinski definition) is 1. The molecule has 0 amide bonds. The zero-order valence-corrected chi connectivity index (χ0v) is 12.8. The van der Waals surface area contributed by atoms with Crippen LogP contribution in [0.25, 0.3) is 33.7 Å². The van der Waals surface area contributed by atoms with Gasteiger partial charge >= 0.3 is 0 Å². The van der Waals surface area contributed by atoms with Crippen LogP contribution in [0.15, 0.2) is 54.7 Å². The molecule has 0 unspecified atom stereocenters. The minimum atomic E-state index is -0.432. The first-order valence-corrected chi connectivity index (χ1v) is 7.37. The number of aromatic amines is 1. The van der Waals surface area contributed by atoms with E-state index in [2.05, 4.69) is 20.2 Å². The Hall–Kier alpha value is -3.28. The predicted molar refractivity (Wildman–Crippen MR) is 89.1 cm³/mol. The highest BCUT2D eigenvalue weighted by Crippen LogP contribution is 2.32. The van der Waals surface area contributed by atoms with E-state index >= 15 is 0 Å². The van der Waals surface area contributed by atoms with Crippen LogP contribution < -0.4 is 4.74 Å². The SMILES string of the molecule is COc1cccc(F)c1-c1ncc2[nH]nc(-c3ccccc3)c2n1. The Morgan fingerprint density at radius 1 is 1.04 bits per heavy atom. The zero-order valence-electron chi connectivity index (χ0n) is 12.8. The third kappa shape index (κ3) is 2.28. The number of benzene rings is 2. The summed E-state index contributed by atoms with van der Waals surface area (Å²) >= 11 is 0. The zero-order chi connectivity index (χ0) is 16.5. The van der Waals surface area contributed by atoms with Gasteiger partial charge in [-0.25, -0.2) is 14.4 Å². The van der Waals surface area contributed by atoms with Gasteiger partial charge in [0.05, 0.1) is 18.9 Å². The number of ether oxygens (including phenoxy) is 1. The maximum Gasteiger partial charge on any atom is 0.166 e. The smallest absolute Gasteiger partial charge is 0.166 e. The van der Waals surface area contributed by atoms with Crippen LogP contribution in [0.2, 0.25) is 0 Å². The van der Waals surface area contributed by atoms with E-state index in [1.54, 1.807) is 18.3 Å². The van der Waals surface area contributed by atoms with E-state index in [0.717, 1.165) is 5.56 Å². The molecule has 0 aliphatic carbocycles. The second kappa shape index (κ2) is 5.73. The van der Waals surface area contributed by atoms with E-state index in [1.165, 1.54) is 13.2 Å². The highest BCUT2D eigenvalue weighted by molar-refractivity contribution is 5.90. The van der Waals surface area contributed by atoms with Crippen molar-refractivity contribution in [2.75, 3.05) is 7.11 Å². The maximum absolute atomic E-state index is 14.3. The quantitative estimate of drug-likeness (QED) is 0.623. The topological polar surface area (TPSA) is 63.7 Å². The average molecular weight is 320 g/mol. The van der Waals surface area contributed by atoms with Gasteiger partial charge in [0, 0.05) is 5.56 Å². The Morgan fingerprint density at radius 2 is 1.88 bits per heavy atom. The summed E-state index contributed by atoms with van der Waals surface area (Å²) in [4.78, 5) is 8.78. The van der Waals surface area contributed by atoms with Gasteiger partial charge in [-0.1, -0.05) is 36.4 Å². The number of halogens is 1. The lowest BCUT2D eigenvalue weighted by Gasteiger charge is -2.08. The minimum absolute atomic E-state index is 0.238. The Balaban J connectivity index is 1.94. The van der Waals surface area contributed by atoms with Crippen LogP contribution in [0.1, 0.15) is 0 Å². The summed E-state index contributed by atoms with van der Waals surface area (Å²) in [6.07, 6.45) is 1.60. The van der Waals surface area contributed by atoms with Gasteiger partial charge in [-0.15, -0.1) is 0 Å². The molecule has 2 aromatic carbocycles. The second-order valence-corrected chi connectivity index (χ2v) is 5.21. The summed E-state index contributed by atoms with van der Waals surface area (Å²) in [6, 6.07) is 14.3. The molecule has 4 rings (SSSR count). The highest BCUT2D eigenvalue weighted by Gasteiger charge is 2.17. The van der Waals surface area contributed by atoms with Crippen LogP contribution in [-0.2, 0) is 0 Å². The molecule has 0 aliphatic rings. The number of H-pyrrole nitrogens is 1. The standard InChI is InChI=1S/C18H13FN4O/c1-24-14-9-5-8-12(19)15(14)18-20-10-13-17(21-18)16(23-22-13)11-6-3-2-4-7-11/h2-10H,1H3,(H,22,23). The van der Waals surface area contributed by atoms with Gasteiger partial charge < -0.3 is 4.74 Å². The van der Waals surface area contributed by atoms with Crippen LogP contribution in [0.3, 0.4) is 0 Å². The number of nitrogens with one attached hydrogen (secondary N) is 1. The number of nitrogens with zero attached hydrogens (tertiary/aromatic N) is 3. The second-order valence-electron chi connectivity index (χ2n) is 5.21. The lowest BCUT2D eigenvalue weighted by Crippen LogP contribution is -1.96. The highest BCUT2D eigenvalue weighted by atomic mass is 19.1. The van der Waals surface area contributed by atoms with Crippen molar-refractivity contribution in [1.82, 2.24) is 20.2 Å². The molecule has 2 heterocycles. The van der Waals surface area contributed by atoms with Gasteiger partial charge in [0.25, 0.3) is 0 Å². The van der Waals surface area contributed by atoms with Gasteiger partial charge in [-0.05, 0) is 12.1 Å². The number of methoxy groups -OCH3 is 1. The first-order chi connectivity index (χ1) is 11.8. The molecule has 5 nitrogen and oxygen atoms in total.